The predicted molar refractivity (Wildman–Crippen MR) is 119 cm³/mol. The normalized spacial score (nSPS) is 15.5. The molecule has 0 aliphatic heterocycles. The smallest absolute Gasteiger partial charge is 0.100 e. The minimum atomic E-state index is 0.252. The average Bonchev–Trinajstić information content (AvgIpc) is 3.22. The first-order chi connectivity index (χ1) is 14.7. The van der Waals surface area contributed by atoms with Crippen molar-refractivity contribution in [3.05, 3.63) is 77.1 Å². The first-order valence-electron chi connectivity index (χ1n) is 10.5. The molecular formula is C25H23N5. The van der Waals surface area contributed by atoms with Crippen LogP contribution in [0.5, 0.6) is 0 Å². The Morgan fingerprint density at radius 2 is 2.10 bits per heavy atom. The Hall–Kier alpha value is -3.65. The van der Waals surface area contributed by atoms with Gasteiger partial charge in [0.2, 0.25) is 0 Å². The molecule has 5 rings (SSSR count). The summed E-state index contributed by atoms with van der Waals surface area (Å²) in [7, 11) is 0. The second-order valence-electron chi connectivity index (χ2n) is 7.84. The number of benzene rings is 2. The van der Waals surface area contributed by atoms with E-state index in [1.165, 1.54) is 11.1 Å². The SMILES string of the molecule is CCc1cc(-c2n[nH]c3ccc(NC4CCCc5cc(C#N)ccc54)cc23)ccn1. The molecule has 0 radical (unpaired) electrons. The molecule has 30 heavy (non-hydrogen) atoms. The van der Waals surface area contributed by atoms with Crippen molar-refractivity contribution in [2.75, 3.05) is 5.32 Å². The number of aromatic nitrogens is 3. The number of aryl methyl sites for hydroxylation is 2. The van der Waals surface area contributed by atoms with E-state index in [0.717, 1.165) is 64.8 Å². The number of anilines is 1. The minimum Gasteiger partial charge on any atom is -0.378 e. The van der Waals surface area contributed by atoms with E-state index in [1.807, 2.05) is 24.4 Å². The van der Waals surface area contributed by atoms with Gasteiger partial charge in [-0.1, -0.05) is 13.0 Å². The number of hydrogen-bond donors (Lipinski definition) is 2. The summed E-state index contributed by atoms with van der Waals surface area (Å²) in [5, 5.41) is 21.7. The van der Waals surface area contributed by atoms with Gasteiger partial charge in [-0.15, -0.1) is 0 Å². The lowest BCUT2D eigenvalue weighted by atomic mass is 9.86. The van der Waals surface area contributed by atoms with Gasteiger partial charge in [-0.05, 0) is 79.3 Å². The van der Waals surface area contributed by atoms with Crippen LogP contribution >= 0.6 is 0 Å². The van der Waals surface area contributed by atoms with Crippen LogP contribution in [0.4, 0.5) is 5.69 Å². The van der Waals surface area contributed by atoms with Gasteiger partial charge in [0, 0.05) is 28.5 Å². The van der Waals surface area contributed by atoms with Gasteiger partial charge < -0.3 is 5.32 Å². The molecule has 4 aromatic rings. The van der Waals surface area contributed by atoms with Gasteiger partial charge >= 0.3 is 0 Å². The number of nitriles is 1. The Balaban J connectivity index is 1.49. The standard InChI is InChI=1S/C25H23N5/c1-2-19-13-18(10-11-27-19)25-22-14-20(7-9-24(22)29-30-25)28-23-5-3-4-17-12-16(15-26)6-8-21(17)23/h6-14,23,28H,2-5H2,1H3,(H,29,30). The summed E-state index contributed by atoms with van der Waals surface area (Å²) < 4.78 is 0. The molecule has 2 aromatic heterocycles. The third kappa shape index (κ3) is 3.31. The number of H-pyrrole nitrogens is 1. The summed E-state index contributed by atoms with van der Waals surface area (Å²) >= 11 is 0. The van der Waals surface area contributed by atoms with E-state index in [-0.39, 0.29) is 6.04 Å². The number of hydrogen-bond acceptors (Lipinski definition) is 4. The van der Waals surface area contributed by atoms with Crippen LogP contribution in [0.25, 0.3) is 22.2 Å². The second-order valence-corrected chi connectivity index (χ2v) is 7.84. The number of rotatable bonds is 4. The second kappa shape index (κ2) is 7.64. The van der Waals surface area contributed by atoms with Gasteiger partial charge in [-0.25, -0.2) is 0 Å². The van der Waals surface area contributed by atoms with Crippen LogP contribution in [0.2, 0.25) is 0 Å². The van der Waals surface area contributed by atoms with Gasteiger partial charge in [0.25, 0.3) is 0 Å². The van der Waals surface area contributed by atoms with Crippen LogP contribution < -0.4 is 5.32 Å². The van der Waals surface area contributed by atoms with Gasteiger partial charge in [-0.2, -0.15) is 10.4 Å². The van der Waals surface area contributed by atoms with Gasteiger partial charge in [0.15, 0.2) is 0 Å². The Labute approximate surface area is 175 Å². The molecule has 2 N–H and O–H groups in total. The fourth-order valence-electron chi connectivity index (χ4n) is 4.38. The Morgan fingerprint density at radius 3 is 2.97 bits per heavy atom. The van der Waals surface area contributed by atoms with Crippen molar-refractivity contribution in [2.45, 2.75) is 38.6 Å². The van der Waals surface area contributed by atoms with Crippen molar-refractivity contribution < 1.29 is 0 Å². The zero-order valence-corrected chi connectivity index (χ0v) is 16.9. The van der Waals surface area contributed by atoms with E-state index in [2.05, 4.69) is 63.8 Å². The van der Waals surface area contributed by atoms with Crippen molar-refractivity contribution in [3.63, 3.8) is 0 Å². The van der Waals surface area contributed by atoms with Crippen LogP contribution in [0, 0.1) is 11.3 Å². The lowest BCUT2D eigenvalue weighted by molar-refractivity contribution is 0.600. The van der Waals surface area contributed by atoms with Crippen LogP contribution in [0.3, 0.4) is 0 Å². The number of nitrogens with one attached hydrogen (secondary N) is 2. The number of nitrogens with zero attached hydrogens (tertiary/aromatic N) is 3. The quantitative estimate of drug-likeness (QED) is 0.477. The third-order valence-electron chi connectivity index (χ3n) is 5.94. The number of fused-ring (bicyclic) bond motifs is 2. The van der Waals surface area contributed by atoms with E-state index in [0.29, 0.717) is 0 Å². The number of aromatic amines is 1. The van der Waals surface area contributed by atoms with Crippen molar-refractivity contribution in [1.29, 1.82) is 5.26 Å². The van der Waals surface area contributed by atoms with E-state index in [9.17, 15) is 5.26 Å². The Kier molecular flexibility index (Phi) is 4.68. The molecule has 5 nitrogen and oxygen atoms in total. The molecule has 1 aliphatic carbocycles. The van der Waals surface area contributed by atoms with Gasteiger partial charge in [0.05, 0.1) is 23.2 Å². The fourth-order valence-corrected chi connectivity index (χ4v) is 4.38. The summed E-state index contributed by atoms with van der Waals surface area (Å²) in [6.07, 6.45) is 5.99. The molecule has 2 heterocycles. The first kappa shape index (κ1) is 18.4. The molecule has 2 aromatic carbocycles. The largest absolute Gasteiger partial charge is 0.378 e. The van der Waals surface area contributed by atoms with Gasteiger partial charge in [-0.3, -0.25) is 10.1 Å². The summed E-state index contributed by atoms with van der Waals surface area (Å²) in [6.45, 7) is 2.11. The van der Waals surface area contributed by atoms with Crippen molar-refractivity contribution in [3.8, 4) is 17.3 Å². The van der Waals surface area contributed by atoms with E-state index < -0.39 is 0 Å². The topological polar surface area (TPSA) is 77.4 Å². The molecular weight excluding hydrogens is 370 g/mol. The highest BCUT2D eigenvalue weighted by atomic mass is 15.1. The summed E-state index contributed by atoms with van der Waals surface area (Å²) in [4.78, 5) is 4.41. The minimum absolute atomic E-state index is 0.252. The number of pyridine rings is 1. The van der Waals surface area contributed by atoms with Crippen LogP contribution in [0.1, 0.15) is 48.2 Å². The average molecular weight is 393 g/mol. The zero-order chi connectivity index (χ0) is 20.5. The van der Waals surface area contributed by atoms with Crippen molar-refractivity contribution >= 4 is 16.6 Å². The first-order valence-corrected chi connectivity index (χ1v) is 10.5. The molecule has 0 saturated heterocycles. The fraction of sp³-hybridized carbons (Fsp3) is 0.240. The lowest BCUT2D eigenvalue weighted by Crippen LogP contribution is -2.17. The Morgan fingerprint density at radius 1 is 1.17 bits per heavy atom. The molecule has 0 bridgehead atoms. The molecule has 5 heteroatoms. The van der Waals surface area contributed by atoms with E-state index >= 15 is 0 Å². The monoisotopic (exact) mass is 393 g/mol. The molecule has 1 atom stereocenters. The summed E-state index contributed by atoms with van der Waals surface area (Å²) in [5.74, 6) is 0. The highest BCUT2D eigenvalue weighted by Crippen LogP contribution is 2.35. The molecule has 148 valence electrons. The molecule has 0 spiro atoms. The van der Waals surface area contributed by atoms with E-state index in [1.54, 1.807) is 0 Å². The summed E-state index contributed by atoms with van der Waals surface area (Å²) in [6, 6.07) is 19.1. The third-order valence-corrected chi connectivity index (χ3v) is 5.94. The van der Waals surface area contributed by atoms with Gasteiger partial charge in [0.1, 0.15) is 5.69 Å². The maximum Gasteiger partial charge on any atom is 0.100 e. The lowest BCUT2D eigenvalue weighted by Gasteiger charge is -2.27. The highest BCUT2D eigenvalue weighted by molar-refractivity contribution is 5.95. The zero-order valence-electron chi connectivity index (χ0n) is 16.9. The maximum absolute atomic E-state index is 9.19. The predicted octanol–water partition coefficient (Wildman–Crippen LogP) is 5.55. The molecule has 0 fully saturated rings. The van der Waals surface area contributed by atoms with E-state index in [4.69, 9.17) is 0 Å². The molecule has 1 unspecified atom stereocenters. The van der Waals surface area contributed by atoms with Crippen molar-refractivity contribution in [2.24, 2.45) is 0 Å². The molecule has 0 saturated carbocycles. The Bertz CT molecular complexity index is 1260. The molecule has 1 aliphatic rings. The molecule has 0 amide bonds. The van der Waals surface area contributed by atoms with Crippen LogP contribution in [-0.2, 0) is 12.8 Å². The maximum atomic E-state index is 9.19. The summed E-state index contributed by atoms with van der Waals surface area (Å²) in [5.41, 5.74) is 8.52. The van der Waals surface area contributed by atoms with Crippen LogP contribution in [-0.4, -0.2) is 15.2 Å². The van der Waals surface area contributed by atoms with Crippen molar-refractivity contribution in [1.82, 2.24) is 15.2 Å². The van der Waals surface area contributed by atoms with Crippen LogP contribution in [0.15, 0.2) is 54.7 Å². The highest BCUT2D eigenvalue weighted by Gasteiger charge is 2.21.